The normalized spacial score (nSPS) is 21.6. The highest BCUT2D eigenvalue weighted by molar-refractivity contribution is 6.30. The van der Waals surface area contributed by atoms with Gasteiger partial charge in [0.1, 0.15) is 0 Å². The molecule has 1 aromatic carbocycles. The molecule has 1 aliphatic heterocycles. The zero-order chi connectivity index (χ0) is 12.1. The van der Waals surface area contributed by atoms with Crippen LogP contribution >= 0.6 is 11.6 Å². The number of likely N-dealkylation sites (N-methyl/N-ethyl adjacent to an activating group) is 1. The van der Waals surface area contributed by atoms with Crippen molar-refractivity contribution in [3.63, 3.8) is 0 Å². The van der Waals surface area contributed by atoms with Gasteiger partial charge in [0.15, 0.2) is 0 Å². The lowest BCUT2D eigenvalue weighted by Gasteiger charge is -2.35. The molecule has 0 amide bonds. The first-order valence-electron chi connectivity index (χ1n) is 6.42. The second-order valence-electron chi connectivity index (χ2n) is 4.80. The lowest BCUT2D eigenvalue weighted by atomic mass is 10.0. The molecular formula is C14H21ClN2. The highest BCUT2D eigenvalue weighted by Crippen LogP contribution is 2.20. The molecule has 1 atom stereocenters. The summed E-state index contributed by atoms with van der Waals surface area (Å²) < 4.78 is 0. The third-order valence-corrected chi connectivity index (χ3v) is 3.74. The monoisotopic (exact) mass is 252 g/mol. The van der Waals surface area contributed by atoms with E-state index in [0.29, 0.717) is 6.04 Å². The molecule has 2 rings (SSSR count). The first-order valence-corrected chi connectivity index (χ1v) is 6.80. The minimum absolute atomic E-state index is 0.685. The molecule has 1 N–H and O–H groups in total. The van der Waals surface area contributed by atoms with E-state index in [9.17, 15) is 0 Å². The fourth-order valence-corrected chi connectivity index (χ4v) is 2.69. The first-order chi connectivity index (χ1) is 8.29. The molecule has 3 heteroatoms. The third-order valence-electron chi connectivity index (χ3n) is 3.49. The van der Waals surface area contributed by atoms with Crippen LogP contribution in [0.25, 0.3) is 0 Å². The fraction of sp³-hybridized carbons (Fsp3) is 0.571. The largest absolute Gasteiger partial charge is 0.318 e. The number of hydrogen-bond donors (Lipinski definition) is 1. The van der Waals surface area contributed by atoms with Crippen LogP contribution < -0.4 is 5.32 Å². The van der Waals surface area contributed by atoms with Gasteiger partial charge in [-0.25, -0.2) is 0 Å². The van der Waals surface area contributed by atoms with Crippen molar-refractivity contribution in [1.82, 2.24) is 10.2 Å². The van der Waals surface area contributed by atoms with Crippen LogP contribution in [0.3, 0.4) is 0 Å². The molecule has 1 aromatic rings. The van der Waals surface area contributed by atoms with E-state index >= 15 is 0 Å². The summed E-state index contributed by atoms with van der Waals surface area (Å²) in [5, 5.41) is 4.12. The van der Waals surface area contributed by atoms with E-state index in [0.717, 1.165) is 18.1 Å². The quantitative estimate of drug-likeness (QED) is 0.887. The van der Waals surface area contributed by atoms with E-state index in [1.54, 1.807) is 0 Å². The summed E-state index contributed by atoms with van der Waals surface area (Å²) in [7, 11) is 2.04. The Labute approximate surface area is 109 Å². The number of nitrogens with zero attached hydrogens (tertiary/aromatic N) is 1. The molecule has 17 heavy (non-hydrogen) atoms. The first kappa shape index (κ1) is 12.9. The molecule has 1 unspecified atom stereocenters. The fourth-order valence-electron chi connectivity index (χ4n) is 2.56. The van der Waals surface area contributed by atoms with Crippen molar-refractivity contribution in [1.29, 1.82) is 0 Å². The lowest BCUT2D eigenvalue weighted by molar-refractivity contribution is 0.139. The van der Waals surface area contributed by atoms with Crippen LogP contribution in [0.2, 0.25) is 5.02 Å². The molecule has 0 bridgehead atoms. The summed E-state index contributed by atoms with van der Waals surface area (Å²) in [5.74, 6) is 0. The van der Waals surface area contributed by atoms with Gasteiger partial charge in [0.25, 0.3) is 0 Å². The minimum atomic E-state index is 0.685. The lowest BCUT2D eigenvalue weighted by Crippen LogP contribution is -2.44. The Morgan fingerprint density at radius 3 is 2.76 bits per heavy atom. The van der Waals surface area contributed by atoms with Crippen molar-refractivity contribution >= 4 is 11.6 Å². The van der Waals surface area contributed by atoms with Crippen LogP contribution in [-0.4, -0.2) is 31.1 Å². The number of benzene rings is 1. The molecular weight excluding hydrogens is 232 g/mol. The Kier molecular flexibility index (Phi) is 4.84. The number of likely N-dealkylation sites (tertiary alicyclic amines) is 1. The van der Waals surface area contributed by atoms with Gasteiger partial charge in [-0.05, 0) is 44.1 Å². The molecule has 0 spiro atoms. The molecule has 0 aliphatic carbocycles. The van der Waals surface area contributed by atoms with E-state index in [1.807, 2.05) is 19.2 Å². The van der Waals surface area contributed by atoms with Gasteiger partial charge >= 0.3 is 0 Å². The van der Waals surface area contributed by atoms with Crippen LogP contribution in [0.1, 0.15) is 24.8 Å². The van der Waals surface area contributed by atoms with E-state index in [-0.39, 0.29) is 0 Å². The summed E-state index contributed by atoms with van der Waals surface area (Å²) in [4.78, 5) is 2.59. The predicted octanol–water partition coefficient (Wildman–Crippen LogP) is 2.91. The highest BCUT2D eigenvalue weighted by Gasteiger charge is 2.21. The number of halogens is 1. The Balaban J connectivity index is 1.97. The van der Waals surface area contributed by atoms with Crippen LogP contribution in [0.15, 0.2) is 24.3 Å². The van der Waals surface area contributed by atoms with Gasteiger partial charge in [-0.2, -0.15) is 0 Å². The van der Waals surface area contributed by atoms with E-state index in [1.165, 1.54) is 31.4 Å². The Bertz CT molecular complexity index is 335. The van der Waals surface area contributed by atoms with Crippen LogP contribution in [0, 0.1) is 0 Å². The average Bonchev–Trinajstić information content (AvgIpc) is 2.35. The third kappa shape index (κ3) is 3.70. The van der Waals surface area contributed by atoms with E-state index in [2.05, 4.69) is 22.3 Å². The van der Waals surface area contributed by atoms with Gasteiger partial charge in [0.05, 0.1) is 0 Å². The second-order valence-corrected chi connectivity index (χ2v) is 5.24. The summed E-state index contributed by atoms with van der Waals surface area (Å²) in [5.41, 5.74) is 1.36. The average molecular weight is 253 g/mol. The molecule has 1 heterocycles. The van der Waals surface area contributed by atoms with Crippen LogP contribution in [-0.2, 0) is 6.54 Å². The van der Waals surface area contributed by atoms with Gasteiger partial charge in [0, 0.05) is 24.2 Å². The maximum atomic E-state index is 5.91. The minimum Gasteiger partial charge on any atom is -0.318 e. The van der Waals surface area contributed by atoms with Gasteiger partial charge in [0.2, 0.25) is 0 Å². The van der Waals surface area contributed by atoms with Crippen molar-refractivity contribution in [3.8, 4) is 0 Å². The number of hydrogen-bond acceptors (Lipinski definition) is 2. The number of rotatable bonds is 4. The standard InChI is InChI=1S/C14H21ClN2/c1-16-10-14-4-2-3-9-17(14)11-12-5-7-13(15)8-6-12/h5-8,14,16H,2-4,9-11H2,1H3. The zero-order valence-corrected chi connectivity index (χ0v) is 11.2. The van der Waals surface area contributed by atoms with Crippen molar-refractivity contribution in [2.75, 3.05) is 20.1 Å². The molecule has 1 fully saturated rings. The summed E-state index contributed by atoms with van der Waals surface area (Å²) in [6.07, 6.45) is 4.01. The Morgan fingerprint density at radius 1 is 1.29 bits per heavy atom. The Hall–Kier alpha value is -0.570. The summed E-state index contributed by atoms with van der Waals surface area (Å²) in [6.45, 7) is 3.35. The van der Waals surface area contributed by atoms with Crippen molar-refractivity contribution in [2.24, 2.45) is 0 Å². The number of piperidine rings is 1. The maximum absolute atomic E-state index is 5.91. The topological polar surface area (TPSA) is 15.3 Å². The summed E-state index contributed by atoms with van der Waals surface area (Å²) in [6, 6.07) is 8.91. The highest BCUT2D eigenvalue weighted by atomic mass is 35.5. The zero-order valence-electron chi connectivity index (χ0n) is 10.5. The molecule has 2 nitrogen and oxygen atoms in total. The summed E-state index contributed by atoms with van der Waals surface area (Å²) >= 11 is 5.91. The molecule has 0 saturated carbocycles. The maximum Gasteiger partial charge on any atom is 0.0406 e. The van der Waals surface area contributed by atoms with Crippen molar-refractivity contribution in [2.45, 2.75) is 31.8 Å². The van der Waals surface area contributed by atoms with Crippen LogP contribution in [0.4, 0.5) is 0 Å². The van der Waals surface area contributed by atoms with Crippen LogP contribution in [0.5, 0.6) is 0 Å². The molecule has 1 saturated heterocycles. The van der Waals surface area contributed by atoms with E-state index in [4.69, 9.17) is 11.6 Å². The van der Waals surface area contributed by atoms with Gasteiger partial charge in [-0.3, -0.25) is 4.90 Å². The molecule has 0 radical (unpaired) electrons. The van der Waals surface area contributed by atoms with Gasteiger partial charge in [-0.1, -0.05) is 30.2 Å². The second kappa shape index (κ2) is 6.39. The molecule has 94 valence electrons. The van der Waals surface area contributed by atoms with Gasteiger partial charge in [-0.15, -0.1) is 0 Å². The predicted molar refractivity (Wildman–Crippen MR) is 73.4 cm³/mol. The van der Waals surface area contributed by atoms with Gasteiger partial charge < -0.3 is 5.32 Å². The smallest absolute Gasteiger partial charge is 0.0406 e. The molecule has 1 aliphatic rings. The van der Waals surface area contributed by atoms with E-state index < -0.39 is 0 Å². The Morgan fingerprint density at radius 2 is 2.06 bits per heavy atom. The van der Waals surface area contributed by atoms with Crippen molar-refractivity contribution in [3.05, 3.63) is 34.9 Å². The molecule has 0 aromatic heterocycles. The number of nitrogens with one attached hydrogen (secondary N) is 1. The van der Waals surface area contributed by atoms with Crippen molar-refractivity contribution < 1.29 is 0 Å². The SMILES string of the molecule is CNCC1CCCCN1Cc1ccc(Cl)cc1.